The van der Waals surface area contributed by atoms with Gasteiger partial charge in [0.1, 0.15) is 17.0 Å². The summed E-state index contributed by atoms with van der Waals surface area (Å²) >= 11 is 0. The summed E-state index contributed by atoms with van der Waals surface area (Å²) in [7, 11) is 0. The number of hydrogen-bond donors (Lipinski definition) is 3. The molecule has 0 radical (unpaired) electrons. The molecule has 0 aromatic carbocycles. The second kappa shape index (κ2) is 6.91. The molecule has 0 saturated carbocycles. The summed E-state index contributed by atoms with van der Waals surface area (Å²) < 4.78 is 15.6. The van der Waals surface area contributed by atoms with Crippen LogP contribution in [0.4, 0.5) is 10.1 Å². The number of rotatable bonds is 3. The van der Waals surface area contributed by atoms with Crippen molar-refractivity contribution in [2.24, 2.45) is 0 Å². The summed E-state index contributed by atoms with van der Waals surface area (Å²) in [5.41, 5.74) is 10.4. The van der Waals surface area contributed by atoms with Gasteiger partial charge in [-0.2, -0.15) is 5.10 Å². The fraction of sp³-hybridized carbons (Fsp3) is 0. The van der Waals surface area contributed by atoms with E-state index in [1.54, 1.807) is 18.5 Å². The molecule has 6 aromatic heterocycles. The molecule has 0 aliphatic rings. The number of pyridine rings is 4. The molecule has 0 bridgehead atoms. The molecule has 32 heavy (non-hydrogen) atoms. The van der Waals surface area contributed by atoms with E-state index in [0.29, 0.717) is 39.6 Å². The summed E-state index contributed by atoms with van der Waals surface area (Å²) in [6, 6.07) is 9.12. The van der Waals surface area contributed by atoms with Gasteiger partial charge in [0.25, 0.3) is 0 Å². The Morgan fingerprint density at radius 2 is 1.84 bits per heavy atom. The van der Waals surface area contributed by atoms with Gasteiger partial charge in [0.05, 0.1) is 16.8 Å². The van der Waals surface area contributed by atoms with Crippen molar-refractivity contribution in [1.29, 1.82) is 0 Å². The number of halogens is 1. The molecule has 0 saturated heterocycles. The number of anilines is 1. The third kappa shape index (κ3) is 2.77. The highest BCUT2D eigenvalue weighted by molar-refractivity contribution is 5.96. The average Bonchev–Trinajstić information content (AvgIpc) is 3.44. The van der Waals surface area contributed by atoms with Crippen LogP contribution in [0.15, 0.2) is 61.3 Å². The van der Waals surface area contributed by atoms with Gasteiger partial charge in [0.2, 0.25) is 0 Å². The molecule has 4 N–H and O–H groups in total. The third-order valence-corrected chi connectivity index (χ3v) is 5.15. The Hall–Kier alpha value is -4.73. The van der Waals surface area contributed by atoms with Crippen LogP contribution in [-0.2, 0) is 0 Å². The summed E-state index contributed by atoms with van der Waals surface area (Å²) in [4.78, 5) is 24.9. The minimum atomic E-state index is -0.496. The van der Waals surface area contributed by atoms with Gasteiger partial charge >= 0.3 is 0 Å². The lowest BCUT2D eigenvalue weighted by Crippen LogP contribution is -1.93. The first kappa shape index (κ1) is 18.1. The molecule has 0 amide bonds. The van der Waals surface area contributed by atoms with E-state index in [2.05, 4.69) is 40.1 Å². The quantitative estimate of drug-likeness (QED) is 0.394. The molecule has 6 heterocycles. The van der Waals surface area contributed by atoms with Crippen LogP contribution in [0.5, 0.6) is 0 Å². The lowest BCUT2D eigenvalue weighted by Gasteiger charge is -2.05. The van der Waals surface area contributed by atoms with E-state index < -0.39 is 5.82 Å². The molecule has 0 aliphatic heterocycles. The summed E-state index contributed by atoms with van der Waals surface area (Å²) in [5.74, 6) is -0.129. The molecule has 10 heteroatoms. The van der Waals surface area contributed by atoms with Crippen molar-refractivity contribution >= 4 is 27.9 Å². The highest BCUT2D eigenvalue weighted by atomic mass is 19.1. The van der Waals surface area contributed by atoms with E-state index in [4.69, 9.17) is 5.73 Å². The van der Waals surface area contributed by atoms with Crippen LogP contribution < -0.4 is 5.73 Å². The van der Waals surface area contributed by atoms with Crippen molar-refractivity contribution in [3.8, 4) is 33.9 Å². The molecule has 0 fully saturated rings. The van der Waals surface area contributed by atoms with Gasteiger partial charge in [-0.1, -0.05) is 6.07 Å². The van der Waals surface area contributed by atoms with E-state index in [1.807, 2.05) is 24.3 Å². The minimum absolute atomic E-state index is 0.211. The molecule has 0 unspecified atom stereocenters. The number of aromatic nitrogens is 8. The Labute approximate surface area is 179 Å². The first-order chi connectivity index (χ1) is 15.7. The molecule has 154 valence electrons. The van der Waals surface area contributed by atoms with Crippen molar-refractivity contribution in [2.45, 2.75) is 0 Å². The van der Waals surface area contributed by atoms with Gasteiger partial charge < -0.3 is 10.7 Å². The van der Waals surface area contributed by atoms with Gasteiger partial charge in [-0.05, 0) is 24.3 Å². The number of nitrogen functional groups attached to an aromatic ring is 1. The van der Waals surface area contributed by atoms with Crippen molar-refractivity contribution in [3.63, 3.8) is 0 Å². The van der Waals surface area contributed by atoms with Crippen LogP contribution in [0.1, 0.15) is 0 Å². The van der Waals surface area contributed by atoms with E-state index in [-0.39, 0.29) is 10.9 Å². The topological polar surface area (TPSA) is 135 Å². The molecule has 6 aromatic rings. The Kier molecular flexibility index (Phi) is 3.90. The van der Waals surface area contributed by atoms with E-state index in [0.717, 1.165) is 11.3 Å². The second-order valence-electron chi connectivity index (χ2n) is 7.14. The van der Waals surface area contributed by atoms with E-state index in [9.17, 15) is 0 Å². The zero-order valence-corrected chi connectivity index (χ0v) is 16.4. The standard InChI is InChI=1S/C22H14FN9/c23-17-14(11-7-12(24)9-25-8-11)10-28-20-16(17)19(31-32-20)22-29-18-13(4-6-27-21(18)30-22)15-3-1-2-5-26-15/h1-10H,24H2,(H,27,29,30)(H,28,31,32). The highest BCUT2D eigenvalue weighted by Gasteiger charge is 2.21. The SMILES string of the molecule is Nc1cncc(-c2cnc3[nH]nc(-c4nc5c(-c6ccccn6)ccnc5[nH]4)c3c2F)c1. The number of aromatic amines is 2. The van der Waals surface area contributed by atoms with Crippen LogP contribution in [0.25, 0.3) is 56.1 Å². The predicted molar refractivity (Wildman–Crippen MR) is 118 cm³/mol. The van der Waals surface area contributed by atoms with E-state index >= 15 is 4.39 Å². The smallest absolute Gasteiger partial charge is 0.161 e. The molecular formula is C22H14FN9. The lowest BCUT2D eigenvalue weighted by atomic mass is 10.1. The van der Waals surface area contributed by atoms with Crippen LogP contribution in [0, 0.1) is 5.82 Å². The van der Waals surface area contributed by atoms with Gasteiger partial charge in [0.15, 0.2) is 17.1 Å². The van der Waals surface area contributed by atoms with Crippen LogP contribution in [-0.4, -0.2) is 40.1 Å². The number of hydrogen-bond acceptors (Lipinski definition) is 7. The number of imidazole rings is 1. The molecular weight excluding hydrogens is 409 g/mol. The molecule has 6 rings (SSSR count). The summed E-state index contributed by atoms with van der Waals surface area (Å²) in [5, 5.41) is 7.26. The van der Waals surface area contributed by atoms with Gasteiger partial charge in [-0.3, -0.25) is 15.1 Å². The largest absolute Gasteiger partial charge is 0.397 e. The summed E-state index contributed by atoms with van der Waals surface area (Å²) in [6.45, 7) is 0. The van der Waals surface area contributed by atoms with Crippen molar-refractivity contribution in [2.75, 3.05) is 5.73 Å². The zero-order chi connectivity index (χ0) is 21.7. The number of H-pyrrole nitrogens is 2. The number of fused-ring (bicyclic) bond motifs is 2. The Bertz CT molecular complexity index is 1600. The number of nitrogens with zero attached hydrogens (tertiary/aromatic N) is 6. The Balaban J connectivity index is 1.55. The maximum Gasteiger partial charge on any atom is 0.161 e. The fourth-order valence-electron chi connectivity index (χ4n) is 3.68. The first-order valence-corrected chi connectivity index (χ1v) is 9.69. The van der Waals surface area contributed by atoms with E-state index in [1.165, 1.54) is 18.6 Å². The predicted octanol–water partition coefficient (Wildman–Crippen LogP) is 3.74. The maximum atomic E-state index is 15.6. The Morgan fingerprint density at radius 3 is 2.69 bits per heavy atom. The Morgan fingerprint density at radius 1 is 0.906 bits per heavy atom. The molecule has 0 aliphatic carbocycles. The summed E-state index contributed by atoms with van der Waals surface area (Å²) in [6.07, 6.45) is 7.84. The monoisotopic (exact) mass is 423 g/mol. The minimum Gasteiger partial charge on any atom is -0.397 e. The van der Waals surface area contributed by atoms with Crippen LogP contribution >= 0.6 is 0 Å². The molecule has 0 atom stereocenters. The second-order valence-corrected chi connectivity index (χ2v) is 7.14. The number of nitrogens with two attached hydrogens (primary N) is 1. The third-order valence-electron chi connectivity index (χ3n) is 5.15. The normalized spacial score (nSPS) is 11.4. The number of nitrogens with one attached hydrogen (secondary N) is 2. The fourth-order valence-corrected chi connectivity index (χ4v) is 3.68. The van der Waals surface area contributed by atoms with Crippen LogP contribution in [0.2, 0.25) is 0 Å². The van der Waals surface area contributed by atoms with Crippen molar-refractivity contribution in [3.05, 3.63) is 67.1 Å². The van der Waals surface area contributed by atoms with Crippen molar-refractivity contribution < 1.29 is 4.39 Å². The lowest BCUT2D eigenvalue weighted by molar-refractivity contribution is 0.642. The average molecular weight is 423 g/mol. The first-order valence-electron chi connectivity index (χ1n) is 9.69. The van der Waals surface area contributed by atoms with Gasteiger partial charge in [-0.25, -0.2) is 19.3 Å². The van der Waals surface area contributed by atoms with Gasteiger partial charge in [-0.15, -0.1) is 0 Å². The molecule has 0 spiro atoms. The van der Waals surface area contributed by atoms with Gasteiger partial charge in [0, 0.05) is 47.7 Å². The molecule has 9 nitrogen and oxygen atoms in total. The highest BCUT2D eigenvalue weighted by Crippen LogP contribution is 2.33. The maximum absolute atomic E-state index is 15.6. The van der Waals surface area contributed by atoms with Crippen molar-refractivity contribution in [1.82, 2.24) is 40.1 Å². The van der Waals surface area contributed by atoms with Crippen LogP contribution in [0.3, 0.4) is 0 Å². The zero-order valence-electron chi connectivity index (χ0n) is 16.4.